The summed E-state index contributed by atoms with van der Waals surface area (Å²) in [5, 5.41) is 16.3. The van der Waals surface area contributed by atoms with Crippen LogP contribution in [0.1, 0.15) is 25.7 Å². The van der Waals surface area contributed by atoms with Gasteiger partial charge in [-0.2, -0.15) is 0 Å². The van der Waals surface area contributed by atoms with E-state index in [9.17, 15) is 5.11 Å². The molecule has 5 N–H and O–H groups in total. The van der Waals surface area contributed by atoms with E-state index in [1.165, 1.54) is 0 Å². The fourth-order valence-corrected chi connectivity index (χ4v) is 2.64. The number of hydrogen-bond donors (Lipinski definition) is 4. The van der Waals surface area contributed by atoms with Gasteiger partial charge in [0, 0.05) is 12.1 Å². The second-order valence-electron chi connectivity index (χ2n) is 5.69. The molecule has 0 unspecified atom stereocenters. The number of hydrogen-bond acceptors (Lipinski definition) is 6. The Bertz CT molecular complexity index is 456. The number of pyridine rings is 1. The Morgan fingerprint density at radius 3 is 2.55 bits per heavy atom. The number of rotatable bonds is 4. The van der Waals surface area contributed by atoms with Gasteiger partial charge < -0.3 is 26.2 Å². The largest absolute Gasteiger partial charge is 0.396 e. The molecular weight excluding hydrogens is 256 g/mol. The van der Waals surface area contributed by atoms with Gasteiger partial charge in [-0.25, -0.2) is 4.98 Å². The van der Waals surface area contributed by atoms with Gasteiger partial charge in [-0.1, -0.05) is 0 Å². The van der Waals surface area contributed by atoms with Crippen molar-refractivity contribution in [1.29, 1.82) is 0 Å². The molecule has 1 saturated carbocycles. The molecule has 0 amide bonds. The average molecular weight is 278 g/mol. The van der Waals surface area contributed by atoms with Crippen LogP contribution < -0.4 is 16.4 Å². The molecule has 0 atom stereocenters. The summed E-state index contributed by atoms with van der Waals surface area (Å²) < 4.78 is 5.15. The van der Waals surface area contributed by atoms with Gasteiger partial charge in [0.1, 0.15) is 5.82 Å². The molecular formula is C14H22N4O2. The van der Waals surface area contributed by atoms with Gasteiger partial charge in [-0.05, 0) is 25.7 Å². The van der Waals surface area contributed by atoms with E-state index in [2.05, 4.69) is 15.6 Å². The second-order valence-corrected chi connectivity index (χ2v) is 5.69. The van der Waals surface area contributed by atoms with E-state index in [0.29, 0.717) is 17.8 Å². The van der Waals surface area contributed by atoms with Crippen molar-refractivity contribution < 1.29 is 9.84 Å². The van der Waals surface area contributed by atoms with Crippen LogP contribution in [0.3, 0.4) is 0 Å². The van der Waals surface area contributed by atoms with Gasteiger partial charge >= 0.3 is 0 Å². The van der Waals surface area contributed by atoms with Crippen molar-refractivity contribution in [3.8, 4) is 0 Å². The highest BCUT2D eigenvalue weighted by Crippen LogP contribution is 2.26. The van der Waals surface area contributed by atoms with Crippen LogP contribution in [-0.4, -0.2) is 41.5 Å². The first-order valence-electron chi connectivity index (χ1n) is 7.25. The van der Waals surface area contributed by atoms with E-state index >= 15 is 0 Å². The van der Waals surface area contributed by atoms with Gasteiger partial charge in [0.2, 0.25) is 0 Å². The SMILES string of the molecule is Nc1cnc(NC2CCC(O)CC2)cc1NC1COC1. The molecule has 1 aromatic rings. The Morgan fingerprint density at radius 2 is 1.90 bits per heavy atom. The molecule has 1 aliphatic carbocycles. The number of aliphatic hydroxyl groups excluding tert-OH is 1. The van der Waals surface area contributed by atoms with Crippen LogP contribution in [0.4, 0.5) is 17.2 Å². The first kappa shape index (κ1) is 13.5. The maximum Gasteiger partial charge on any atom is 0.128 e. The van der Waals surface area contributed by atoms with E-state index in [-0.39, 0.29) is 6.10 Å². The summed E-state index contributed by atoms with van der Waals surface area (Å²) in [7, 11) is 0. The minimum Gasteiger partial charge on any atom is -0.396 e. The lowest BCUT2D eigenvalue weighted by Crippen LogP contribution is -2.40. The summed E-state index contributed by atoms with van der Waals surface area (Å²) >= 11 is 0. The summed E-state index contributed by atoms with van der Waals surface area (Å²) in [6.07, 6.45) is 5.22. The number of nitrogens with one attached hydrogen (secondary N) is 2. The zero-order valence-electron chi connectivity index (χ0n) is 11.5. The molecule has 2 aliphatic rings. The summed E-state index contributed by atoms with van der Waals surface area (Å²) in [4.78, 5) is 4.33. The van der Waals surface area contributed by atoms with Crippen LogP contribution in [0.2, 0.25) is 0 Å². The van der Waals surface area contributed by atoms with Crippen LogP contribution in [-0.2, 0) is 4.74 Å². The summed E-state index contributed by atoms with van der Waals surface area (Å²) in [6, 6.07) is 2.69. The molecule has 0 radical (unpaired) electrons. The molecule has 20 heavy (non-hydrogen) atoms. The zero-order valence-corrected chi connectivity index (χ0v) is 11.5. The van der Waals surface area contributed by atoms with Crippen LogP contribution in [0.5, 0.6) is 0 Å². The van der Waals surface area contributed by atoms with Gasteiger partial charge in [0.25, 0.3) is 0 Å². The first-order valence-corrected chi connectivity index (χ1v) is 7.25. The lowest BCUT2D eigenvalue weighted by Gasteiger charge is -2.29. The highest BCUT2D eigenvalue weighted by molar-refractivity contribution is 5.69. The smallest absolute Gasteiger partial charge is 0.128 e. The molecule has 1 aromatic heterocycles. The van der Waals surface area contributed by atoms with Crippen molar-refractivity contribution in [3.05, 3.63) is 12.3 Å². The van der Waals surface area contributed by atoms with Crippen molar-refractivity contribution in [2.24, 2.45) is 0 Å². The normalized spacial score (nSPS) is 26.9. The topological polar surface area (TPSA) is 92.4 Å². The monoisotopic (exact) mass is 278 g/mol. The number of aliphatic hydroxyl groups is 1. The summed E-state index contributed by atoms with van der Waals surface area (Å²) in [5.74, 6) is 0.836. The van der Waals surface area contributed by atoms with E-state index < -0.39 is 0 Å². The quantitative estimate of drug-likeness (QED) is 0.661. The van der Waals surface area contributed by atoms with Crippen molar-refractivity contribution in [2.45, 2.75) is 43.9 Å². The Kier molecular flexibility index (Phi) is 3.93. The fourth-order valence-electron chi connectivity index (χ4n) is 2.64. The van der Waals surface area contributed by atoms with E-state index in [0.717, 1.165) is 50.4 Å². The minimum absolute atomic E-state index is 0.136. The number of nitrogen functional groups attached to an aromatic ring is 1. The van der Waals surface area contributed by atoms with E-state index in [1.54, 1.807) is 6.20 Å². The van der Waals surface area contributed by atoms with Gasteiger partial charge in [0.05, 0.1) is 42.9 Å². The number of aromatic nitrogens is 1. The molecule has 2 fully saturated rings. The third-order valence-electron chi connectivity index (χ3n) is 3.98. The average Bonchev–Trinajstić information content (AvgIpc) is 2.40. The molecule has 1 aliphatic heterocycles. The summed E-state index contributed by atoms with van der Waals surface area (Å²) in [6.45, 7) is 1.45. The highest BCUT2D eigenvalue weighted by atomic mass is 16.5. The number of anilines is 3. The predicted octanol–water partition coefficient (Wildman–Crippen LogP) is 1.19. The molecule has 2 heterocycles. The van der Waals surface area contributed by atoms with E-state index in [4.69, 9.17) is 10.5 Å². The number of nitrogens with zero attached hydrogens (tertiary/aromatic N) is 1. The molecule has 0 bridgehead atoms. The van der Waals surface area contributed by atoms with Gasteiger partial charge in [-0.3, -0.25) is 0 Å². The molecule has 0 aromatic carbocycles. The third kappa shape index (κ3) is 3.13. The number of nitrogens with two attached hydrogens (primary N) is 1. The van der Waals surface area contributed by atoms with Gasteiger partial charge in [0.15, 0.2) is 0 Å². The molecule has 110 valence electrons. The van der Waals surface area contributed by atoms with Crippen molar-refractivity contribution in [2.75, 3.05) is 29.6 Å². The lowest BCUT2D eigenvalue weighted by atomic mass is 9.93. The van der Waals surface area contributed by atoms with Gasteiger partial charge in [-0.15, -0.1) is 0 Å². The van der Waals surface area contributed by atoms with Crippen LogP contribution in [0.25, 0.3) is 0 Å². The van der Waals surface area contributed by atoms with Crippen LogP contribution >= 0.6 is 0 Å². The molecule has 0 spiro atoms. The zero-order chi connectivity index (χ0) is 13.9. The van der Waals surface area contributed by atoms with Crippen LogP contribution in [0, 0.1) is 0 Å². The van der Waals surface area contributed by atoms with Crippen molar-refractivity contribution in [3.63, 3.8) is 0 Å². The van der Waals surface area contributed by atoms with Crippen molar-refractivity contribution >= 4 is 17.2 Å². The van der Waals surface area contributed by atoms with Crippen LogP contribution in [0.15, 0.2) is 12.3 Å². The Hall–Kier alpha value is -1.53. The second kappa shape index (κ2) is 5.85. The van der Waals surface area contributed by atoms with Crippen molar-refractivity contribution in [1.82, 2.24) is 4.98 Å². The first-order chi connectivity index (χ1) is 9.70. The molecule has 6 nitrogen and oxygen atoms in total. The Labute approximate surface area is 118 Å². The standard InChI is InChI=1S/C14H22N4O2/c15-12-6-16-14(5-13(12)17-10-7-20-8-10)18-9-1-3-11(19)4-2-9/h5-6,9-11,19H,1-4,7-8,15H2,(H2,16,17,18). The minimum atomic E-state index is -0.136. The Balaban J connectivity index is 1.62. The predicted molar refractivity (Wildman–Crippen MR) is 78.8 cm³/mol. The maximum atomic E-state index is 9.52. The third-order valence-corrected chi connectivity index (χ3v) is 3.98. The molecule has 3 rings (SSSR count). The maximum absolute atomic E-state index is 9.52. The summed E-state index contributed by atoms with van der Waals surface area (Å²) in [5.41, 5.74) is 7.50. The fraction of sp³-hybridized carbons (Fsp3) is 0.643. The Morgan fingerprint density at radius 1 is 1.15 bits per heavy atom. The molecule has 1 saturated heterocycles. The number of ether oxygens (including phenoxy) is 1. The highest BCUT2D eigenvalue weighted by Gasteiger charge is 2.21. The lowest BCUT2D eigenvalue weighted by molar-refractivity contribution is 0.0211. The van der Waals surface area contributed by atoms with E-state index in [1.807, 2.05) is 6.07 Å². The molecule has 6 heteroatoms.